The van der Waals surface area contributed by atoms with Crippen molar-refractivity contribution in [2.45, 2.75) is 6.92 Å². The maximum Gasteiger partial charge on any atom is 0.336 e. The van der Waals surface area contributed by atoms with E-state index in [2.05, 4.69) is 0 Å². The largest absolute Gasteiger partial charge is 0.478 e. The highest BCUT2D eigenvalue weighted by atomic mass is 16.4. The average molecular weight is 242 g/mol. The normalized spacial score (nSPS) is 10.3. The molecule has 0 atom stereocenters. The zero-order valence-electron chi connectivity index (χ0n) is 9.97. The molecule has 0 aliphatic heterocycles. The van der Waals surface area contributed by atoms with E-state index in [0.29, 0.717) is 16.9 Å². The van der Waals surface area contributed by atoms with Gasteiger partial charge in [-0.3, -0.25) is 0 Å². The van der Waals surface area contributed by atoms with Crippen molar-refractivity contribution in [2.24, 2.45) is 0 Å². The van der Waals surface area contributed by atoms with Crippen LogP contribution in [0, 0.1) is 6.92 Å². The maximum atomic E-state index is 11.2. The van der Waals surface area contributed by atoms with Crippen LogP contribution < -0.4 is 11.5 Å². The lowest BCUT2D eigenvalue weighted by Crippen LogP contribution is -2.03. The minimum atomic E-state index is -0.992. The summed E-state index contributed by atoms with van der Waals surface area (Å²) in [7, 11) is 0. The number of hydrogen-bond acceptors (Lipinski definition) is 3. The molecule has 4 heteroatoms. The predicted molar refractivity (Wildman–Crippen MR) is 72.4 cm³/mol. The van der Waals surface area contributed by atoms with Crippen LogP contribution >= 0.6 is 0 Å². The second-order valence-corrected chi connectivity index (χ2v) is 4.15. The highest BCUT2D eigenvalue weighted by molar-refractivity contribution is 6.00. The van der Waals surface area contributed by atoms with Gasteiger partial charge >= 0.3 is 5.97 Å². The number of anilines is 2. The molecule has 5 N–H and O–H groups in total. The topological polar surface area (TPSA) is 89.3 Å². The highest BCUT2D eigenvalue weighted by Crippen LogP contribution is 2.33. The molecule has 2 rings (SSSR count). The van der Waals surface area contributed by atoms with Crippen molar-refractivity contribution in [1.82, 2.24) is 0 Å². The fourth-order valence-corrected chi connectivity index (χ4v) is 2.02. The number of carbonyl (C=O) groups is 1. The first-order chi connectivity index (χ1) is 8.50. The second-order valence-electron chi connectivity index (χ2n) is 4.15. The lowest BCUT2D eigenvalue weighted by molar-refractivity contribution is 0.0698. The summed E-state index contributed by atoms with van der Waals surface area (Å²) in [5.41, 5.74) is 15.1. The number of hydrogen-bond donors (Lipinski definition) is 3. The van der Waals surface area contributed by atoms with Gasteiger partial charge in [0, 0.05) is 16.9 Å². The Morgan fingerprint density at radius 1 is 1.17 bits per heavy atom. The van der Waals surface area contributed by atoms with Gasteiger partial charge in [-0.05, 0) is 42.3 Å². The van der Waals surface area contributed by atoms with Crippen LogP contribution in [0.2, 0.25) is 0 Å². The van der Waals surface area contributed by atoms with E-state index in [1.54, 1.807) is 36.4 Å². The van der Waals surface area contributed by atoms with Gasteiger partial charge in [-0.15, -0.1) is 0 Å². The Morgan fingerprint density at radius 3 is 2.50 bits per heavy atom. The molecular weight excluding hydrogens is 228 g/mol. The molecule has 2 aromatic rings. The number of aryl methyl sites for hydroxylation is 1. The summed E-state index contributed by atoms with van der Waals surface area (Å²) in [6.07, 6.45) is 0. The maximum absolute atomic E-state index is 11.2. The van der Waals surface area contributed by atoms with Crippen LogP contribution in [-0.2, 0) is 0 Å². The molecule has 0 radical (unpaired) electrons. The van der Waals surface area contributed by atoms with E-state index in [1.165, 1.54) is 0 Å². The zero-order valence-corrected chi connectivity index (χ0v) is 9.97. The number of nitrogens with two attached hydrogens (primary N) is 2. The van der Waals surface area contributed by atoms with E-state index in [9.17, 15) is 9.90 Å². The molecule has 92 valence electrons. The Labute approximate surface area is 105 Å². The molecule has 0 heterocycles. The van der Waals surface area contributed by atoms with Crippen LogP contribution in [0.5, 0.6) is 0 Å². The molecular formula is C14H14N2O2. The zero-order chi connectivity index (χ0) is 13.3. The summed E-state index contributed by atoms with van der Waals surface area (Å²) in [6, 6.07) is 10.2. The van der Waals surface area contributed by atoms with E-state index < -0.39 is 5.97 Å². The number of aromatic carboxylic acids is 1. The fourth-order valence-electron chi connectivity index (χ4n) is 2.02. The van der Waals surface area contributed by atoms with Gasteiger partial charge in [-0.2, -0.15) is 0 Å². The Bertz CT molecular complexity index is 621. The smallest absolute Gasteiger partial charge is 0.336 e. The van der Waals surface area contributed by atoms with Crippen molar-refractivity contribution in [3.05, 3.63) is 47.5 Å². The van der Waals surface area contributed by atoms with Crippen molar-refractivity contribution >= 4 is 17.3 Å². The minimum absolute atomic E-state index is 0.197. The standard InChI is InChI=1S/C14H14N2O2/c1-8-7-9(15)5-6-10(8)13-11(14(17)18)3-2-4-12(13)16/h2-7H,15-16H2,1H3,(H,17,18). The molecule has 0 aliphatic rings. The third-order valence-electron chi connectivity index (χ3n) is 2.85. The first kappa shape index (κ1) is 12.0. The molecule has 2 aromatic carbocycles. The van der Waals surface area contributed by atoms with Crippen molar-refractivity contribution in [3.8, 4) is 11.1 Å². The van der Waals surface area contributed by atoms with Crippen LogP contribution in [0.4, 0.5) is 11.4 Å². The van der Waals surface area contributed by atoms with E-state index in [-0.39, 0.29) is 5.56 Å². The summed E-state index contributed by atoms with van der Waals surface area (Å²) in [6.45, 7) is 1.88. The van der Waals surface area contributed by atoms with Crippen LogP contribution in [0.25, 0.3) is 11.1 Å². The van der Waals surface area contributed by atoms with E-state index >= 15 is 0 Å². The summed E-state index contributed by atoms with van der Waals surface area (Å²) in [4.78, 5) is 11.2. The van der Waals surface area contributed by atoms with Crippen molar-refractivity contribution < 1.29 is 9.90 Å². The van der Waals surface area contributed by atoms with Gasteiger partial charge in [0.25, 0.3) is 0 Å². The van der Waals surface area contributed by atoms with Gasteiger partial charge < -0.3 is 16.6 Å². The SMILES string of the molecule is Cc1cc(N)ccc1-c1c(N)cccc1C(=O)O. The average Bonchev–Trinajstić information content (AvgIpc) is 2.29. The molecule has 0 aromatic heterocycles. The Kier molecular flexibility index (Phi) is 2.93. The Balaban J connectivity index is 2.74. The summed E-state index contributed by atoms with van der Waals surface area (Å²) in [5.74, 6) is -0.992. The van der Waals surface area contributed by atoms with Crippen LogP contribution in [0.1, 0.15) is 15.9 Å². The molecule has 0 spiro atoms. The van der Waals surface area contributed by atoms with Crippen molar-refractivity contribution in [2.75, 3.05) is 11.5 Å². The Morgan fingerprint density at radius 2 is 1.89 bits per heavy atom. The minimum Gasteiger partial charge on any atom is -0.478 e. The third kappa shape index (κ3) is 2.00. The quantitative estimate of drug-likeness (QED) is 0.706. The predicted octanol–water partition coefficient (Wildman–Crippen LogP) is 2.52. The van der Waals surface area contributed by atoms with Gasteiger partial charge in [-0.1, -0.05) is 12.1 Å². The molecule has 0 bridgehead atoms. The molecule has 0 saturated heterocycles. The molecule has 0 fully saturated rings. The van der Waals surface area contributed by atoms with Crippen molar-refractivity contribution in [3.63, 3.8) is 0 Å². The molecule has 0 aliphatic carbocycles. The van der Waals surface area contributed by atoms with Crippen LogP contribution in [0.3, 0.4) is 0 Å². The van der Waals surface area contributed by atoms with E-state index in [0.717, 1.165) is 11.1 Å². The number of rotatable bonds is 2. The molecule has 0 unspecified atom stereocenters. The summed E-state index contributed by atoms with van der Waals surface area (Å²) < 4.78 is 0. The van der Waals surface area contributed by atoms with E-state index in [4.69, 9.17) is 11.5 Å². The first-order valence-electron chi connectivity index (χ1n) is 5.49. The van der Waals surface area contributed by atoms with Gasteiger partial charge in [-0.25, -0.2) is 4.79 Å². The lowest BCUT2D eigenvalue weighted by atomic mass is 9.94. The lowest BCUT2D eigenvalue weighted by Gasteiger charge is -2.12. The van der Waals surface area contributed by atoms with Crippen LogP contribution in [-0.4, -0.2) is 11.1 Å². The summed E-state index contributed by atoms with van der Waals surface area (Å²) in [5, 5.41) is 9.22. The third-order valence-corrected chi connectivity index (χ3v) is 2.85. The summed E-state index contributed by atoms with van der Waals surface area (Å²) >= 11 is 0. The highest BCUT2D eigenvalue weighted by Gasteiger charge is 2.15. The number of benzene rings is 2. The van der Waals surface area contributed by atoms with Gasteiger partial charge in [0.2, 0.25) is 0 Å². The van der Waals surface area contributed by atoms with Crippen molar-refractivity contribution in [1.29, 1.82) is 0 Å². The first-order valence-corrected chi connectivity index (χ1v) is 5.49. The number of carboxylic acid groups (broad SMARTS) is 1. The van der Waals surface area contributed by atoms with Crippen LogP contribution in [0.15, 0.2) is 36.4 Å². The molecule has 18 heavy (non-hydrogen) atoms. The number of carboxylic acids is 1. The van der Waals surface area contributed by atoms with Gasteiger partial charge in [0.05, 0.1) is 5.56 Å². The van der Waals surface area contributed by atoms with Gasteiger partial charge in [0.15, 0.2) is 0 Å². The molecule has 0 amide bonds. The van der Waals surface area contributed by atoms with Gasteiger partial charge in [0.1, 0.15) is 0 Å². The molecule has 4 nitrogen and oxygen atoms in total. The fraction of sp³-hybridized carbons (Fsp3) is 0.0714. The monoisotopic (exact) mass is 242 g/mol. The van der Waals surface area contributed by atoms with E-state index in [1.807, 2.05) is 6.92 Å². The molecule has 0 saturated carbocycles. The second kappa shape index (κ2) is 4.41. The Hall–Kier alpha value is -2.49. The number of nitrogen functional groups attached to an aromatic ring is 2.